The van der Waals surface area contributed by atoms with Crippen LogP contribution in [0.4, 0.5) is 0 Å². The summed E-state index contributed by atoms with van der Waals surface area (Å²) in [6.45, 7) is 12.5. The van der Waals surface area contributed by atoms with Gasteiger partial charge in [0.2, 0.25) is 0 Å². The zero-order chi connectivity index (χ0) is 26.1. The lowest BCUT2D eigenvalue weighted by Crippen LogP contribution is -2.62. The summed E-state index contributed by atoms with van der Waals surface area (Å²) in [5.41, 5.74) is 6.35. The minimum absolute atomic E-state index is 0.0551. The van der Waals surface area contributed by atoms with Gasteiger partial charge >= 0.3 is 0 Å². The van der Waals surface area contributed by atoms with E-state index in [0.717, 1.165) is 43.9 Å². The van der Waals surface area contributed by atoms with Gasteiger partial charge in [0.25, 0.3) is 0 Å². The van der Waals surface area contributed by atoms with Crippen molar-refractivity contribution in [1.29, 1.82) is 0 Å². The molecule has 4 saturated carbocycles. The fraction of sp³-hybridized carbons (Fsp3) is 0.903. The van der Waals surface area contributed by atoms with Crippen molar-refractivity contribution in [3.63, 3.8) is 0 Å². The molecule has 3 N–H and O–H groups in total. The van der Waals surface area contributed by atoms with E-state index in [-0.39, 0.29) is 5.41 Å². The number of allylic oxidation sites excluding steroid dienone is 2. The summed E-state index contributed by atoms with van der Waals surface area (Å²) in [6, 6.07) is 0. The molecule has 0 bridgehead atoms. The van der Waals surface area contributed by atoms with Crippen LogP contribution in [0, 0.1) is 34.5 Å². The quantitative estimate of drug-likeness (QED) is 0.252. The normalized spacial score (nSPS) is 44.6. The lowest BCUT2D eigenvalue weighted by Gasteiger charge is -2.63. The average molecular weight is 516 g/mol. The Labute approximate surface area is 225 Å². The molecule has 37 heavy (non-hydrogen) atoms. The molecular weight excluding hydrogens is 462 g/mol. The van der Waals surface area contributed by atoms with E-state index >= 15 is 0 Å². The maximum Gasteiger partial charge on any atom is 0.129 e. The van der Waals surface area contributed by atoms with Crippen LogP contribution in [0.15, 0.2) is 16.8 Å². The molecule has 1 heterocycles. The molecular formula is C31H53N3O3. The molecule has 1 aliphatic heterocycles. The van der Waals surface area contributed by atoms with Gasteiger partial charge in [0.05, 0.1) is 24.5 Å². The second-order valence-electron chi connectivity index (χ2n) is 13.6. The van der Waals surface area contributed by atoms with Gasteiger partial charge in [-0.25, -0.2) is 0 Å². The van der Waals surface area contributed by atoms with Gasteiger partial charge in [-0.2, -0.15) is 0 Å². The van der Waals surface area contributed by atoms with Crippen LogP contribution in [0.1, 0.15) is 91.4 Å². The van der Waals surface area contributed by atoms with Crippen LogP contribution < -0.4 is 5.73 Å². The maximum atomic E-state index is 12.4. The zero-order valence-electron chi connectivity index (χ0n) is 23.8. The highest BCUT2D eigenvalue weighted by atomic mass is 16.6. The van der Waals surface area contributed by atoms with Gasteiger partial charge in [-0.3, -0.25) is 0 Å². The molecule has 5 fully saturated rings. The molecule has 5 aliphatic rings. The van der Waals surface area contributed by atoms with Gasteiger partial charge in [0.1, 0.15) is 6.61 Å². The van der Waals surface area contributed by atoms with E-state index in [4.69, 9.17) is 15.3 Å². The van der Waals surface area contributed by atoms with Gasteiger partial charge < -0.3 is 25.3 Å². The highest BCUT2D eigenvalue weighted by molar-refractivity contribution is 5.77. The van der Waals surface area contributed by atoms with E-state index in [1.165, 1.54) is 64.5 Å². The topological polar surface area (TPSA) is 80.3 Å². The molecule has 0 unspecified atom stereocenters. The van der Waals surface area contributed by atoms with Crippen LogP contribution in [0.5, 0.6) is 0 Å². The Bertz CT molecular complexity index is 842. The van der Waals surface area contributed by atoms with Crippen LogP contribution in [0.2, 0.25) is 0 Å². The molecule has 5 rings (SSSR count). The van der Waals surface area contributed by atoms with Crippen molar-refractivity contribution in [2.45, 2.75) is 103 Å². The average Bonchev–Trinajstić information content (AvgIpc) is 3.49. The van der Waals surface area contributed by atoms with E-state index in [0.29, 0.717) is 42.4 Å². The highest BCUT2D eigenvalue weighted by Gasteiger charge is 2.66. The Morgan fingerprint density at radius 2 is 1.84 bits per heavy atom. The molecule has 1 saturated heterocycles. The number of hydrogen-bond donors (Lipinski definition) is 2. The molecule has 0 aromatic carbocycles. The summed E-state index contributed by atoms with van der Waals surface area (Å²) in [5, 5.41) is 16.5. The largest absolute Gasteiger partial charge is 0.394 e. The van der Waals surface area contributed by atoms with Gasteiger partial charge in [-0.1, -0.05) is 25.1 Å². The fourth-order valence-electron chi connectivity index (χ4n) is 9.59. The minimum Gasteiger partial charge on any atom is -0.394 e. The van der Waals surface area contributed by atoms with E-state index < -0.39 is 5.60 Å². The van der Waals surface area contributed by atoms with Crippen molar-refractivity contribution < 1.29 is 14.7 Å². The number of rotatable bonds is 9. The standard InChI is InChI=1S/C31H53N3O3/c1-23(22-33-37-18-14-32)20-25-8-13-31(35)28-7-6-24-21-26(36-19-17-34-15-4-5-16-34)9-11-29(24,2)27(28)10-12-30(25,31)3/h20,22,24-28,35H,4-19,21,32H2,1-3H3/b23-20+,33-22+/t24-,25-,26-,27+,28-,29+,30-,31+/m1/s1. The molecule has 0 spiro atoms. The zero-order valence-corrected chi connectivity index (χ0v) is 23.8. The molecule has 6 nitrogen and oxygen atoms in total. The third-order valence-electron chi connectivity index (χ3n) is 11.8. The molecule has 0 aromatic heterocycles. The first-order chi connectivity index (χ1) is 17.8. The summed E-state index contributed by atoms with van der Waals surface area (Å²) >= 11 is 0. The smallest absolute Gasteiger partial charge is 0.129 e. The summed E-state index contributed by atoms with van der Waals surface area (Å²) < 4.78 is 6.45. The van der Waals surface area contributed by atoms with E-state index in [9.17, 15) is 5.11 Å². The van der Waals surface area contributed by atoms with Crippen LogP contribution >= 0.6 is 0 Å². The van der Waals surface area contributed by atoms with Crippen molar-refractivity contribution in [3.8, 4) is 0 Å². The van der Waals surface area contributed by atoms with E-state index in [2.05, 4.69) is 36.9 Å². The third kappa shape index (κ3) is 5.17. The Morgan fingerprint density at radius 3 is 2.62 bits per heavy atom. The Balaban J connectivity index is 1.22. The van der Waals surface area contributed by atoms with Gasteiger partial charge in [-0.15, -0.1) is 0 Å². The van der Waals surface area contributed by atoms with Gasteiger partial charge in [0, 0.05) is 18.5 Å². The number of nitrogens with two attached hydrogens (primary N) is 1. The van der Waals surface area contributed by atoms with Gasteiger partial charge in [-0.05, 0) is 125 Å². The number of oxime groups is 1. The third-order valence-corrected chi connectivity index (χ3v) is 11.8. The van der Waals surface area contributed by atoms with Crippen molar-refractivity contribution in [1.82, 2.24) is 4.90 Å². The Hall–Kier alpha value is -0.950. The first-order valence-corrected chi connectivity index (χ1v) is 15.4. The molecule has 0 radical (unpaired) electrons. The lowest BCUT2D eigenvalue weighted by atomic mass is 9.43. The SMILES string of the molecule is CC(/C=N/OCCN)=C\[C@H]1CC[C@]2(O)[C@@H]3CC[C@@H]4C[C@H](OCCN5CCCC5)CC[C@]4(C)[C@H]3CC[C@]12C. The maximum absolute atomic E-state index is 12.4. The van der Waals surface area contributed by atoms with Gasteiger partial charge in [0.15, 0.2) is 0 Å². The molecule has 6 heteroatoms. The molecule has 210 valence electrons. The Morgan fingerprint density at radius 1 is 1.03 bits per heavy atom. The first kappa shape index (κ1) is 27.6. The van der Waals surface area contributed by atoms with E-state index in [1.807, 2.05) is 0 Å². The monoisotopic (exact) mass is 515 g/mol. The van der Waals surface area contributed by atoms with Crippen molar-refractivity contribution in [2.24, 2.45) is 45.4 Å². The molecule has 0 aromatic rings. The molecule has 0 amide bonds. The predicted octanol–water partition coefficient (Wildman–Crippen LogP) is 5.15. The van der Waals surface area contributed by atoms with Crippen molar-refractivity contribution in [2.75, 3.05) is 39.4 Å². The summed E-state index contributed by atoms with van der Waals surface area (Å²) in [6.07, 6.45) is 17.8. The first-order valence-electron chi connectivity index (χ1n) is 15.4. The molecule has 4 aliphatic carbocycles. The lowest BCUT2D eigenvalue weighted by molar-refractivity contribution is -0.209. The van der Waals surface area contributed by atoms with Crippen molar-refractivity contribution in [3.05, 3.63) is 11.6 Å². The minimum atomic E-state index is -0.554. The van der Waals surface area contributed by atoms with Crippen LogP contribution in [-0.2, 0) is 9.57 Å². The van der Waals surface area contributed by atoms with Crippen molar-refractivity contribution >= 4 is 6.21 Å². The second-order valence-corrected chi connectivity index (χ2v) is 13.6. The number of hydrogen-bond acceptors (Lipinski definition) is 6. The molecule has 8 atom stereocenters. The number of nitrogens with zero attached hydrogens (tertiary/aromatic N) is 2. The number of likely N-dealkylation sites (tertiary alicyclic amines) is 1. The summed E-state index contributed by atoms with van der Waals surface area (Å²) in [4.78, 5) is 7.76. The number of ether oxygens (including phenoxy) is 1. The van der Waals surface area contributed by atoms with Crippen LogP contribution in [-0.4, -0.2) is 67.3 Å². The highest BCUT2D eigenvalue weighted by Crippen LogP contribution is 2.69. The summed E-state index contributed by atoms with van der Waals surface area (Å²) in [5.74, 6) is 2.21. The summed E-state index contributed by atoms with van der Waals surface area (Å²) in [7, 11) is 0. The fourth-order valence-corrected chi connectivity index (χ4v) is 9.59. The predicted molar refractivity (Wildman–Crippen MR) is 149 cm³/mol. The number of aliphatic hydroxyl groups is 1. The number of fused-ring (bicyclic) bond motifs is 5. The van der Waals surface area contributed by atoms with E-state index in [1.54, 1.807) is 6.21 Å². The van der Waals surface area contributed by atoms with Crippen LogP contribution in [0.25, 0.3) is 0 Å². The Kier molecular flexibility index (Phi) is 8.41. The van der Waals surface area contributed by atoms with Crippen LogP contribution in [0.3, 0.4) is 0 Å². The second kappa shape index (κ2) is 11.3.